The molecule has 132 valence electrons. The Hall–Kier alpha value is -2.85. The van der Waals surface area contributed by atoms with Crippen LogP contribution in [0.1, 0.15) is 28.4 Å². The molecule has 1 atom stereocenters. The highest BCUT2D eigenvalue weighted by molar-refractivity contribution is 6.29. The SMILES string of the molecule is Cc1cc(OC(=O)C(C)Cl)cc2c1C(=O)/C(=C/C=C/c1ccccc1)O2. The van der Waals surface area contributed by atoms with E-state index in [1.165, 1.54) is 13.0 Å². The van der Waals surface area contributed by atoms with Gasteiger partial charge >= 0.3 is 5.97 Å². The summed E-state index contributed by atoms with van der Waals surface area (Å²) >= 11 is 5.71. The number of allylic oxidation sites excluding steroid dienone is 3. The average Bonchev–Trinajstić information content (AvgIpc) is 2.92. The highest BCUT2D eigenvalue weighted by Crippen LogP contribution is 2.37. The maximum atomic E-state index is 12.5. The van der Waals surface area contributed by atoms with Crippen molar-refractivity contribution in [3.05, 3.63) is 77.1 Å². The molecule has 1 unspecified atom stereocenters. The van der Waals surface area contributed by atoms with Crippen molar-refractivity contribution in [2.45, 2.75) is 19.2 Å². The molecule has 0 saturated carbocycles. The molecular formula is C21H17ClO4. The number of esters is 1. The summed E-state index contributed by atoms with van der Waals surface area (Å²) in [5, 5.41) is -0.760. The highest BCUT2D eigenvalue weighted by atomic mass is 35.5. The normalized spacial score (nSPS) is 15.8. The molecule has 26 heavy (non-hydrogen) atoms. The van der Waals surface area contributed by atoms with Gasteiger partial charge in [-0.2, -0.15) is 0 Å². The van der Waals surface area contributed by atoms with Crippen LogP contribution in [-0.2, 0) is 4.79 Å². The van der Waals surface area contributed by atoms with Gasteiger partial charge in [0.15, 0.2) is 5.76 Å². The molecule has 5 heteroatoms. The first-order valence-electron chi connectivity index (χ1n) is 8.12. The standard InChI is InChI=1S/C21H17ClO4/c1-13-11-16(25-21(24)14(2)22)12-18-19(13)20(23)17(26-18)10-6-9-15-7-4-3-5-8-15/h3-12,14H,1-2H3/b9-6+,17-10-. The van der Waals surface area contributed by atoms with E-state index < -0.39 is 11.3 Å². The summed E-state index contributed by atoms with van der Waals surface area (Å²) in [5.74, 6) is 0.146. The molecule has 1 heterocycles. The molecule has 0 aromatic heterocycles. The summed E-state index contributed by atoms with van der Waals surface area (Å²) in [4.78, 5) is 24.2. The van der Waals surface area contributed by atoms with Crippen molar-refractivity contribution in [3.8, 4) is 11.5 Å². The van der Waals surface area contributed by atoms with Crippen LogP contribution in [0, 0.1) is 6.92 Å². The number of hydrogen-bond acceptors (Lipinski definition) is 4. The molecule has 0 radical (unpaired) electrons. The highest BCUT2D eigenvalue weighted by Gasteiger charge is 2.30. The molecule has 0 fully saturated rings. The Labute approximate surface area is 156 Å². The van der Waals surface area contributed by atoms with Gasteiger partial charge in [0.05, 0.1) is 5.56 Å². The van der Waals surface area contributed by atoms with Crippen LogP contribution in [0.5, 0.6) is 11.5 Å². The molecule has 3 rings (SSSR count). The summed E-state index contributed by atoms with van der Waals surface area (Å²) in [6.07, 6.45) is 5.27. The largest absolute Gasteiger partial charge is 0.452 e. The van der Waals surface area contributed by atoms with Crippen molar-refractivity contribution in [1.29, 1.82) is 0 Å². The van der Waals surface area contributed by atoms with Gasteiger partial charge < -0.3 is 9.47 Å². The molecule has 1 aliphatic rings. The van der Waals surface area contributed by atoms with E-state index in [4.69, 9.17) is 21.1 Å². The van der Waals surface area contributed by atoms with Gasteiger partial charge in [0, 0.05) is 6.07 Å². The summed E-state index contributed by atoms with van der Waals surface area (Å²) < 4.78 is 10.9. The number of ketones is 1. The monoisotopic (exact) mass is 368 g/mol. The summed E-state index contributed by atoms with van der Waals surface area (Å²) in [5.41, 5.74) is 2.17. The van der Waals surface area contributed by atoms with E-state index in [0.717, 1.165) is 5.56 Å². The topological polar surface area (TPSA) is 52.6 Å². The Balaban J connectivity index is 1.82. The van der Waals surface area contributed by atoms with Crippen LogP contribution in [-0.4, -0.2) is 17.1 Å². The number of aryl methyl sites for hydroxylation is 1. The third-order valence-corrected chi connectivity index (χ3v) is 4.00. The van der Waals surface area contributed by atoms with Gasteiger partial charge in [-0.3, -0.25) is 9.59 Å². The quantitative estimate of drug-likeness (QED) is 0.340. The van der Waals surface area contributed by atoms with Gasteiger partial charge in [0.2, 0.25) is 5.78 Å². The first kappa shape index (κ1) is 18.0. The van der Waals surface area contributed by atoms with E-state index in [0.29, 0.717) is 22.6 Å². The fraction of sp³-hybridized carbons (Fsp3) is 0.143. The smallest absolute Gasteiger partial charge is 0.329 e. The number of Topliss-reactive ketones (excluding diaryl/α,β-unsaturated/α-hetero) is 1. The van der Waals surface area contributed by atoms with Crippen LogP contribution in [0.3, 0.4) is 0 Å². The van der Waals surface area contributed by atoms with Crippen molar-refractivity contribution >= 4 is 29.4 Å². The van der Waals surface area contributed by atoms with Crippen LogP contribution in [0.4, 0.5) is 0 Å². The number of carbonyl (C=O) groups is 2. The van der Waals surface area contributed by atoms with E-state index in [1.807, 2.05) is 36.4 Å². The number of rotatable bonds is 4. The Bertz CT molecular complexity index is 911. The lowest BCUT2D eigenvalue weighted by Gasteiger charge is -2.08. The number of carbonyl (C=O) groups excluding carboxylic acids is 2. The van der Waals surface area contributed by atoms with Crippen molar-refractivity contribution in [1.82, 2.24) is 0 Å². The van der Waals surface area contributed by atoms with Gasteiger partial charge in [-0.05, 0) is 37.1 Å². The first-order chi connectivity index (χ1) is 12.5. The summed E-state index contributed by atoms with van der Waals surface area (Å²) in [6, 6.07) is 12.9. The number of alkyl halides is 1. The second-order valence-corrected chi connectivity index (χ2v) is 6.54. The minimum atomic E-state index is -0.760. The van der Waals surface area contributed by atoms with Crippen molar-refractivity contribution in [2.24, 2.45) is 0 Å². The molecule has 0 N–H and O–H groups in total. The van der Waals surface area contributed by atoms with E-state index >= 15 is 0 Å². The maximum Gasteiger partial charge on any atom is 0.329 e. The first-order valence-corrected chi connectivity index (χ1v) is 8.55. The van der Waals surface area contributed by atoms with Crippen molar-refractivity contribution in [3.63, 3.8) is 0 Å². The lowest BCUT2D eigenvalue weighted by Crippen LogP contribution is -2.17. The predicted octanol–water partition coefficient (Wildman–Crippen LogP) is 4.70. The fourth-order valence-corrected chi connectivity index (χ4v) is 2.60. The summed E-state index contributed by atoms with van der Waals surface area (Å²) in [7, 11) is 0. The third kappa shape index (κ3) is 3.86. The molecule has 0 spiro atoms. The number of benzene rings is 2. The fourth-order valence-electron chi connectivity index (χ4n) is 2.56. The Kier molecular flexibility index (Phi) is 5.24. The van der Waals surface area contributed by atoms with Gasteiger partial charge in [-0.15, -0.1) is 11.6 Å². The molecule has 0 bridgehead atoms. The van der Waals surface area contributed by atoms with Gasteiger partial charge in [-0.1, -0.05) is 42.5 Å². The number of hydrogen-bond donors (Lipinski definition) is 0. The van der Waals surface area contributed by atoms with E-state index in [1.54, 1.807) is 25.1 Å². The lowest BCUT2D eigenvalue weighted by atomic mass is 10.0. The summed E-state index contributed by atoms with van der Waals surface area (Å²) in [6.45, 7) is 3.30. The van der Waals surface area contributed by atoms with E-state index in [2.05, 4.69) is 0 Å². The van der Waals surface area contributed by atoms with E-state index in [9.17, 15) is 9.59 Å². The molecule has 2 aromatic carbocycles. The zero-order chi connectivity index (χ0) is 18.7. The minimum Gasteiger partial charge on any atom is -0.452 e. The maximum absolute atomic E-state index is 12.5. The molecule has 0 aliphatic carbocycles. The number of halogens is 1. The van der Waals surface area contributed by atoms with Gasteiger partial charge in [0.1, 0.15) is 16.9 Å². The molecule has 1 aliphatic heterocycles. The zero-order valence-corrected chi connectivity index (χ0v) is 15.1. The van der Waals surface area contributed by atoms with Gasteiger partial charge in [-0.25, -0.2) is 0 Å². The zero-order valence-electron chi connectivity index (χ0n) is 14.4. The van der Waals surface area contributed by atoms with Crippen molar-refractivity contribution < 1.29 is 19.1 Å². The molecule has 0 amide bonds. The minimum absolute atomic E-state index is 0.196. The number of fused-ring (bicyclic) bond motifs is 1. The van der Waals surface area contributed by atoms with Crippen LogP contribution in [0.25, 0.3) is 6.08 Å². The second-order valence-electron chi connectivity index (χ2n) is 5.88. The van der Waals surface area contributed by atoms with Crippen LogP contribution >= 0.6 is 11.6 Å². The molecule has 0 saturated heterocycles. The van der Waals surface area contributed by atoms with Crippen LogP contribution < -0.4 is 9.47 Å². The molecule has 2 aromatic rings. The number of ether oxygens (including phenoxy) is 2. The molecular weight excluding hydrogens is 352 g/mol. The van der Waals surface area contributed by atoms with E-state index in [-0.39, 0.29) is 11.5 Å². The second kappa shape index (κ2) is 7.58. The van der Waals surface area contributed by atoms with Crippen molar-refractivity contribution in [2.75, 3.05) is 0 Å². The van der Waals surface area contributed by atoms with Crippen LogP contribution in [0.15, 0.2) is 60.4 Å². The Morgan fingerprint density at radius 3 is 2.65 bits per heavy atom. The molecule has 4 nitrogen and oxygen atoms in total. The third-order valence-electron chi connectivity index (χ3n) is 3.82. The van der Waals surface area contributed by atoms with Crippen LogP contribution in [0.2, 0.25) is 0 Å². The Morgan fingerprint density at radius 2 is 1.96 bits per heavy atom. The van der Waals surface area contributed by atoms with Gasteiger partial charge in [0.25, 0.3) is 0 Å². The predicted molar refractivity (Wildman–Crippen MR) is 101 cm³/mol. The lowest BCUT2D eigenvalue weighted by molar-refractivity contribution is -0.133. The Morgan fingerprint density at radius 1 is 1.23 bits per heavy atom. The average molecular weight is 369 g/mol.